The van der Waals surface area contributed by atoms with Crippen LogP contribution in [0, 0.1) is 12.8 Å². The molecule has 0 bridgehead atoms. The number of alkyl halides is 3. The molecular weight excluding hydrogens is 423 g/mol. The van der Waals surface area contributed by atoms with Crippen molar-refractivity contribution in [3.8, 4) is 11.4 Å². The number of aromatic nitrogens is 7. The van der Waals surface area contributed by atoms with Crippen LogP contribution in [0.2, 0.25) is 0 Å². The Hall–Kier alpha value is -3.70. The molecule has 168 valence electrons. The molecule has 0 aliphatic heterocycles. The number of H-pyrrole nitrogens is 1. The Morgan fingerprint density at radius 1 is 1.12 bits per heavy atom. The van der Waals surface area contributed by atoms with Gasteiger partial charge in [-0.05, 0) is 25.0 Å². The van der Waals surface area contributed by atoms with E-state index >= 15 is 0 Å². The maximum atomic E-state index is 13.0. The number of fused-ring (bicyclic) bond motifs is 1. The Kier molecular flexibility index (Phi) is 4.53. The van der Waals surface area contributed by atoms with Gasteiger partial charge >= 0.3 is 6.18 Å². The van der Waals surface area contributed by atoms with E-state index in [2.05, 4.69) is 40.5 Å². The monoisotopic (exact) mass is 448 g/mol. The highest BCUT2D eigenvalue weighted by atomic mass is 19.4. The lowest BCUT2D eigenvalue weighted by Gasteiger charge is -2.21. The number of pyridine rings is 1. The summed E-state index contributed by atoms with van der Waals surface area (Å²) in [5.74, 6) is -0.702. The van der Waals surface area contributed by atoms with E-state index in [4.69, 9.17) is 4.11 Å². The number of nitrogens with zero attached hydrogens (tertiary/aromatic N) is 6. The van der Waals surface area contributed by atoms with Gasteiger partial charge in [0.15, 0.2) is 5.82 Å². The van der Waals surface area contributed by atoms with Gasteiger partial charge in [0, 0.05) is 29.0 Å². The van der Waals surface area contributed by atoms with Crippen molar-refractivity contribution in [2.75, 3.05) is 17.6 Å². The van der Waals surface area contributed by atoms with E-state index in [1.165, 1.54) is 6.20 Å². The quantitative estimate of drug-likeness (QED) is 0.408. The van der Waals surface area contributed by atoms with Crippen molar-refractivity contribution in [2.45, 2.75) is 33.0 Å². The summed E-state index contributed by atoms with van der Waals surface area (Å²) in [6, 6.07) is 2.84. The number of halogens is 3. The maximum Gasteiger partial charge on any atom is 0.449 e. The summed E-state index contributed by atoms with van der Waals surface area (Å²) in [4.78, 5) is 22.8. The molecule has 0 aliphatic carbocycles. The molecule has 0 aromatic carbocycles. The predicted molar refractivity (Wildman–Crippen MR) is 113 cm³/mol. The number of aryl methyl sites for hydroxylation is 1. The Balaban J connectivity index is 1.75. The molecule has 0 radical (unpaired) electrons. The van der Waals surface area contributed by atoms with E-state index in [1.807, 2.05) is 17.4 Å². The average molecular weight is 448 g/mol. The van der Waals surface area contributed by atoms with E-state index in [1.54, 1.807) is 32.3 Å². The number of hydrogen-bond acceptors (Lipinski definition) is 7. The predicted octanol–water partition coefficient (Wildman–Crippen LogP) is 4.09. The second-order valence-corrected chi connectivity index (χ2v) is 7.49. The molecule has 3 N–H and O–H groups in total. The second-order valence-electron chi connectivity index (χ2n) is 7.49. The lowest BCUT2D eigenvalue weighted by molar-refractivity contribution is -0.144. The molecule has 0 spiro atoms. The summed E-state index contributed by atoms with van der Waals surface area (Å²) in [5, 5.41) is 5.23. The largest absolute Gasteiger partial charge is 0.449 e. The lowest BCUT2D eigenvalue weighted by atomic mass is 10.0. The molecule has 0 saturated heterocycles. The lowest BCUT2D eigenvalue weighted by Crippen LogP contribution is -2.20. The van der Waals surface area contributed by atoms with Crippen LogP contribution in [-0.4, -0.2) is 41.3 Å². The van der Waals surface area contributed by atoms with Crippen LogP contribution in [0.25, 0.3) is 16.9 Å². The normalized spacial score (nSPS) is 14.8. The van der Waals surface area contributed by atoms with Gasteiger partial charge in [0.05, 0.1) is 23.4 Å². The molecule has 4 aromatic rings. The van der Waals surface area contributed by atoms with E-state index < -0.39 is 25.0 Å². The van der Waals surface area contributed by atoms with Crippen LogP contribution in [0.1, 0.15) is 41.3 Å². The van der Waals surface area contributed by atoms with Crippen molar-refractivity contribution >= 4 is 17.4 Å². The SMILES string of the molecule is [2H]C([2H])([2H])Nc1nc(N[C@H](c2c[nH]c(C(F)(F)F)n2)C(C)C)nc(-c2ccc3cnc(C)n3c2)n1. The zero-order valence-corrected chi connectivity index (χ0v) is 17.4. The first-order chi connectivity index (χ1) is 16.3. The van der Waals surface area contributed by atoms with Gasteiger partial charge in [0.2, 0.25) is 17.7 Å². The Bertz CT molecular complexity index is 1350. The molecule has 32 heavy (non-hydrogen) atoms. The van der Waals surface area contributed by atoms with Crippen LogP contribution in [0.3, 0.4) is 0 Å². The van der Waals surface area contributed by atoms with E-state index in [-0.39, 0.29) is 29.3 Å². The fourth-order valence-electron chi connectivity index (χ4n) is 3.24. The van der Waals surface area contributed by atoms with Gasteiger partial charge in [-0.3, -0.25) is 0 Å². The van der Waals surface area contributed by atoms with Gasteiger partial charge in [-0.2, -0.15) is 28.1 Å². The van der Waals surface area contributed by atoms with Gasteiger partial charge < -0.3 is 20.0 Å². The molecule has 9 nitrogen and oxygen atoms in total. The minimum atomic E-state index is -4.62. The Morgan fingerprint density at radius 2 is 1.91 bits per heavy atom. The van der Waals surface area contributed by atoms with Crippen LogP contribution < -0.4 is 10.6 Å². The highest BCUT2D eigenvalue weighted by Crippen LogP contribution is 2.30. The van der Waals surface area contributed by atoms with Crippen molar-refractivity contribution in [3.63, 3.8) is 0 Å². The van der Waals surface area contributed by atoms with Crippen LogP contribution in [0.5, 0.6) is 0 Å². The molecule has 0 saturated carbocycles. The van der Waals surface area contributed by atoms with E-state index in [0.29, 0.717) is 5.56 Å². The molecule has 0 unspecified atom stereocenters. The minimum absolute atomic E-state index is 0.0283. The van der Waals surface area contributed by atoms with E-state index in [0.717, 1.165) is 11.3 Å². The molecule has 4 heterocycles. The third-order valence-corrected chi connectivity index (χ3v) is 4.85. The summed E-state index contributed by atoms with van der Waals surface area (Å²) in [7, 11) is 0. The first kappa shape index (κ1) is 17.9. The smallest absolute Gasteiger partial charge is 0.357 e. The topological polar surface area (TPSA) is 109 Å². The molecule has 4 aromatic heterocycles. The van der Waals surface area contributed by atoms with Crippen molar-refractivity contribution < 1.29 is 17.3 Å². The zero-order chi connectivity index (χ0) is 25.5. The second kappa shape index (κ2) is 8.09. The molecule has 4 rings (SSSR count). The molecule has 1 atom stereocenters. The standard InChI is InChI=1S/C20H22F3N9/c1-10(2)15(14-8-26-17(27-14)20(21,22)23)28-19-30-16(29-18(24-4)31-19)12-5-6-13-7-25-11(3)32(13)9-12/h5-10,15H,1-4H3,(H,26,27)(H2,24,28,29,30,31)/t15-/m0/s1/i4D3. The van der Waals surface area contributed by atoms with Crippen LogP contribution in [-0.2, 0) is 6.18 Å². The number of hydrogen-bond donors (Lipinski definition) is 3. The van der Waals surface area contributed by atoms with Gasteiger partial charge in [-0.15, -0.1) is 0 Å². The molecule has 12 heteroatoms. The minimum Gasteiger partial charge on any atom is -0.357 e. The fourth-order valence-corrected chi connectivity index (χ4v) is 3.24. The third kappa shape index (κ3) is 4.20. The fraction of sp³-hybridized carbons (Fsp3) is 0.350. The summed E-state index contributed by atoms with van der Waals surface area (Å²) in [5.41, 5.74) is 1.51. The van der Waals surface area contributed by atoms with Crippen molar-refractivity contribution in [1.82, 2.24) is 34.3 Å². The van der Waals surface area contributed by atoms with Gasteiger partial charge in [-0.25, -0.2) is 9.97 Å². The average Bonchev–Trinajstić information content (AvgIpc) is 3.37. The molecule has 0 fully saturated rings. The molecular formula is C20H22F3N9. The van der Waals surface area contributed by atoms with Crippen LogP contribution >= 0.6 is 0 Å². The van der Waals surface area contributed by atoms with E-state index in [9.17, 15) is 13.2 Å². The summed E-state index contributed by atoms with van der Waals surface area (Å²) < 4.78 is 63.5. The summed E-state index contributed by atoms with van der Waals surface area (Å²) in [6.07, 6.45) is -0.00642. The van der Waals surface area contributed by atoms with Crippen LogP contribution in [0.4, 0.5) is 25.1 Å². The first-order valence-electron chi connectivity index (χ1n) is 11.2. The molecule has 0 amide bonds. The van der Waals surface area contributed by atoms with Crippen LogP contribution in [0.15, 0.2) is 30.7 Å². The van der Waals surface area contributed by atoms with Crippen molar-refractivity contribution in [3.05, 3.63) is 48.1 Å². The number of imidazole rings is 2. The van der Waals surface area contributed by atoms with Crippen molar-refractivity contribution in [2.24, 2.45) is 5.92 Å². The highest BCUT2D eigenvalue weighted by molar-refractivity contribution is 5.61. The first-order valence-corrected chi connectivity index (χ1v) is 9.67. The number of nitrogens with one attached hydrogen (secondary N) is 3. The number of rotatable bonds is 6. The Labute approximate surface area is 185 Å². The van der Waals surface area contributed by atoms with Gasteiger partial charge in [-0.1, -0.05) is 13.8 Å². The number of aromatic amines is 1. The maximum absolute atomic E-state index is 13.0. The molecule has 0 aliphatic rings. The van der Waals surface area contributed by atoms with Crippen molar-refractivity contribution in [1.29, 1.82) is 0 Å². The summed E-state index contributed by atoms with van der Waals surface area (Å²) in [6.45, 7) is 2.82. The summed E-state index contributed by atoms with van der Waals surface area (Å²) >= 11 is 0. The highest BCUT2D eigenvalue weighted by Gasteiger charge is 2.35. The number of anilines is 2. The van der Waals surface area contributed by atoms with Gasteiger partial charge in [0.25, 0.3) is 0 Å². The Morgan fingerprint density at radius 3 is 2.59 bits per heavy atom. The zero-order valence-electron chi connectivity index (χ0n) is 20.4. The van der Waals surface area contributed by atoms with Gasteiger partial charge in [0.1, 0.15) is 5.82 Å². The third-order valence-electron chi connectivity index (χ3n) is 4.85.